The first kappa shape index (κ1) is 19.1. The van der Waals surface area contributed by atoms with Crippen LogP contribution >= 0.6 is 0 Å². The smallest absolute Gasteiger partial charge is 0.223 e. The van der Waals surface area contributed by atoms with Crippen LogP contribution in [0.3, 0.4) is 0 Å². The molecule has 1 aromatic heterocycles. The number of aromatic nitrogens is 2. The van der Waals surface area contributed by atoms with Crippen molar-refractivity contribution in [2.45, 2.75) is 38.8 Å². The molecule has 150 valence electrons. The van der Waals surface area contributed by atoms with E-state index in [2.05, 4.69) is 14.5 Å². The number of hydrogen-bond donors (Lipinski definition) is 0. The molecular weight excluding hydrogens is 362 g/mol. The summed E-state index contributed by atoms with van der Waals surface area (Å²) in [6, 6.07) is 3.48. The first-order chi connectivity index (χ1) is 13.5. The van der Waals surface area contributed by atoms with Crippen LogP contribution in [0.15, 0.2) is 36.9 Å². The standard InChI is InChI=1S/C21H26F2N4O/c22-18-10-17(11-19(23)12-18)14-27-15-21(13-20(27)28)2-7-25(8-3-21)5-1-6-26-9-4-24-16-26/h4,9-12,16H,1-3,5-8,13-15H2. The molecule has 2 fully saturated rings. The van der Waals surface area contributed by atoms with Gasteiger partial charge in [0.2, 0.25) is 5.91 Å². The number of benzene rings is 1. The molecular formula is C21H26F2N4O. The highest BCUT2D eigenvalue weighted by Gasteiger charge is 2.44. The fourth-order valence-corrected chi connectivity index (χ4v) is 4.53. The number of piperidine rings is 1. The second-order valence-electron chi connectivity index (χ2n) is 8.20. The lowest BCUT2D eigenvalue weighted by Crippen LogP contribution is -2.42. The van der Waals surface area contributed by atoms with Crippen LogP contribution in [0.2, 0.25) is 0 Å². The molecule has 0 N–H and O–H groups in total. The zero-order valence-electron chi connectivity index (χ0n) is 16.0. The van der Waals surface area contributed by atoms with Gasteiger partial charge in [0.05, 0.1) is 6.33 Å². The molecule has 1 amide bonds. The summed E-state index contributed by atoms with van der Waals surface area (Å²) in [7, 11) is 0. The molecule has 7 heteroatoms. The molecule has 0 unspecified atom stereocenters. The number of carbonyl (C=O) groups is 1. The number of imidazole rings is 1. The SMILES string of the molecule is O=C1CC2(CCN(CCCn3ccnc3)CC2)CN1Cc1cc(F)cc(F)c1. The number of carbonyl (C=O) groups excluding carboxylic acids is 1. The van der Waals surface area contributed by atoms with Crippen molar-refractivity contribution in [3.8, 4) is 0 Å². The largest absolute Gasteiger partial charge is 0.338 e. The summed E-state index contributed by atoms with van der Waals surface area (Å²) >= 11 is 0. The Labute approximate surface area is 164 Å². The van der Waals surface area contributed by atoms with Gasteiger partial charge in [0.15, 0.2) is 0 Å². The van der Waals surface area contributed by atoms with Crippen LogP contribution < -0.4 is 0 Å². The minimum Gasteiger partial charge on any atom is -0.338 e. The maximum absolute atomic E-state index is 13.4. The van der Waals surface area contributed by atoms with Crippen molar-refractivity contribution in [3.63, 3.8) is 0 Å². The lowest BCUT2D eigenvalue weighted by atomic mass is 9.77. The van der Waals surface area contributed by atoms with Gasteiger partial charge in [-0.15, -0.1) is 0 Å². The molecule has 2 aliphatic heterocycles. The van der Waals surface area contributed by atoms with Gasteiger partial charge in [-0.25, -0.2) is 13.8 Å². The minimum absolute atomic E-state index is 0.0177. The van der Waals surface area contributed by atoms with E-state index in [1.807, 2.05) is 12.5 Å². The van der Waals surface area contributed by atoms with Crippen LogP contribution in [0.4, 0.5) is 8.78 Å². The Kier molecular flexibility index (Phi) is 5.44. The highest BCUT2D eigenvalue weighted by Crippen LogP contribution is 2.41. The van der Waals surface area contributed by atoms with Gasteiger partial charge in [0.25, 0.3) is 0 Å². The number of nitrogens with zero attached hydrogens (tertiary/aromatic N) is 4. The summed E-state index contributed by atoms with van der Waals surface area (Å²) in [6.07, 6.45) is 9.25. The van der Waals surface area contributed by atoms with Crippen molar-refractivity contribution in [2.24, 2.45) is 5.41 Å². The Hall–Kier alpha value is -2.28. The van der Waals surface area contributed by atoms with Crippen molar-refractivity contribution < 1.29 is 13.6 Å². The van der Waals surface area contributed by atoms with Crippen LogP contribution in [0.1, 0.15) is 31.2 Å². The van der Waals surface area contributed by atoms with Gasteiger partial charge in [-0.3, -0.25) is 4.79 Å². The van der Waals surface area contributed by atoms with Gasteiger partial charge in [-0.2, -0.15) is 0 Å². The lowest BCUT2D eigenvalue weighted by molar-refractivity contribution is -0.128. The van der Waals surface area contributed by atoms with Crippen LogP contribution in [-0.2, 0) is 17.9 Å². The van der Waals surface area contributed by atoms with E-state index in [0.29, 0.717) is 18.5 Å². The predicted octanol–water partition coefficient (Wildman–Crippen LogP) is 3.07. The molecule has 4 rings (SSSR count). The van der Waals surface area contributed by atoms with E-state index in [4.69, 9.17) is 0 Å². The molecule has 0 aliphatic carbocycles. The van der Waals surface area contributed by atoms with Crippen molar-refractivity contribution in [1.82, 2.24) is 19.4 Å². The van der Waals surface area contributed by atoms with E-state index in [1.165, 1.54) is 12.1 Å². The number of amides is 1. The number of aryl methyl sites for hydroxylation is 1. The molecule has 28 heavy (non-hydrogen) atoms. The summed E-state index contributed by atoms with van der Waals surface area (Å²) in [4.78, 5) is 20.8. The highest BCUT2D eigenvalue weighted by molar-refractivity contribution is 5.79. The minimum atomic E-state index is -0.597. The Morgan fingerprint density at radius 3 is 2.50 bits per heavy atom. The first-order valence-corrected chi connectivity index (χ1v) is 9.92. The van der Waals surface area contributed by atoms with E-state index in [9.17, 15) is 13.6 Å². The predicted molar refractivity (Wildman–Crippen MR) is 101 cm³/mol. The van der Waals surface area contributed by atoms with Crippen molar-refractivity contribution in [3.05, 3.63) is 54.1 Å². The summed E-state index contributed by atoms with van der Waals surface area (Å²) in [6.45, 7) is 4.99. The lowest BCUT2D eigenvalue weighted by Gasteiger charge is -2.38. The quantitative estimate of drug-likeness (QED) is 0.764. The van der Waals surface area contributed by atoms with Crippen molar-refractivity contribution in [2.75, 3.05) is 26.2 Å². The molecule has 0 bridgehead atoms. The fourth-order valence-electron chi connectivity index (χ4n) is 4.53. The Balaban J connectivity index is 1.27. The van der Waals surface area contributed by atoms with Gasteiger partial charge >= 0.3 is 0 Å². The number of hydrogen-bond acceptors (Lipinski definition) is 3. The zero-order valence-corrected chi connectivity index (χ0v) is 16.0. The average molecular weight is 388 g/mol. The topological polar surface area (TPSA) is 41.4 Å². The molecule has 1 aromatic carbocycles. The van der Waals surface area contributed by atoms with E-state index >= 15 is 0 Å². The fraction of sp³-hybridized carbons (Fsp3) is 0.524. The molecule has 5 nitrogen and oxygen atoms in total. The van der Waals surface area contributed by atoms with Crippen LogP contribution in [0.25, 0.3) is 0 Å². The third kappa shape index (κ3) is 4.41. The normalized spacial score (nSPS) is 19.6. The number of rotatable bonds is 6. The Morgan fingerprint density at radius 2 is 1.82 bits per heavy atom. The third-order valence-corrected chi connectivity index (χ3v) is 6.07. The molecule has 0 radical (unpaired) electrons. The molecule has 3 heterocycles. The number of likely N-dealkylation sites (tertiary alicyclic amines) is 2. The average Bonchev–Trinajstić information content (AvgIpc) is 3.25. The Bertz CT molecular complexity index is 796. The van der Waals surface area contributed by atoms with E-state index in [0.717, 1.165) is 51.5 Å². The Morgan fingerprint density at radius 1 is 1.07 bits per heavy atom. The monoisotopic (exact) mass is 388 g/mol. The van der Waals surface area contributed by atoms with E-state index in [-0.39, 0.29) is 17.9 Å². The maximum atomic E-state index is 13.4. The first-order valence-electron chi connectivity index (χ1n) is 9.92. The van der Waals surface area contributed by atoms with Gasteiger partial charge in [-0.1, -0.05) is 0 Å². The third-order valence-electron chi connectivity index (χ3n) is 6.07. The van der Waals surface area contributed by atoms with Crippen LogP contribution in [-0.4, -0.2) is 51.4 Å². The van der Waals surface area contributed by atoms with Crippen molar-refractivity contribution in [1.29, 1.82) is 0 Å². The second-order valence-corrected chi connectivity index (χ2v) is 8.20. The maximum Gasteiger partial charge on any atom is 0.223 e. The van der Waals surface area contributed by atoms with E-state index < -0.39 is 11.6 Å². The van der Waals surface area contributed by atoms with Gasteiger partial charge < -0.3 is 14.4 Å². The molecule has 2 aliphatic rings. The summed E-state index contributed by atoms with van der Waals surface area (Å²) in [5, 5.41) is 0. The summed E-state index contributed by atoms with van der Waals surface area (Å²) in [5.74, 6) is -1.10. The highest BCUT2D eigenvalue weighted by atomic mass is 19.1. The van der Waals surface area contributed by atoms with E-state index in [1.54, 1.807) is 11.1 Å². The number of halogens is 2. The molecule has 0 saturated carbocycles. The zero-order chi connectivity index (χ0) is 19.6. The van der Waals surface area contributed by atoms with Crippen molar-refractivity contribution >= 4 is 5.91 Å². The molecule has 2 aromatic rings. The van der Waals surface area contributed by atoms with Crippen LogP contribution in [0, 0.1) is 17.0 Å². The van der Waals surface area contributed by atoms with Gasteiger partial charge in [0.1, 0.15) is 11.6 Å². The van der Waals surface area contributed by atoms with Gasteiger partial charge in [-0.05, 0) is 62.0 Å². The second kappa shape index (κ2) is 7.99. The molecule has 2 saturated heterocycles. The summed E-state index contributed by atoms with van der Waals surface area (Å²) in [5.41, 5.74) is 0.531. The summed E-state index contributed by atoms with van der Waals surface area (Å²) < 4.78 is 28.9. The van der Waals surface area contributed by atoms with Gasteiger partial charge in [0, 0.05) is 44.5 Å². The molecule has 0 atom stereocenters. The van der Waals surface area contributed by atoms with Crippen LogP contribution in [0.5, 0.6) is 0 Å². The molecule has 1 spiro atoms.